The van der Waals surface area contributed by atoms with Crippen molar-refractivity contribution in [1.29, 1.82) is 0 Å². The van der Waals surface area contributed by atoms with E-state index in [-0.39, 0.29) is 0 Å². The summed E-state index contributed by atoms with van der Waals surface area (Å²) >= 11 is 2.17. The number of nitrogens with zero attached hydrogens (tertiary/aromatic N) is 1. The Balaban J connectivity index is 1.98. The molecular formula is C9H17NS. The molecule has 2 fully saturated rings. The standard InChI is InChI=1S/C9H17NS/c1-10-5-4-9(7-10)3-2-6-11-8-9/h2-8H2,1H3. The molecule has 2 rings (SSSR count). The molecule has 2 aliphatic rings. The van der Waals surface area contributed by atoms with E-state index < -0.39 is 0 Å². The fraction of sp³-hybridized carbons (Fsp3) is 1.00. The highest BCUT2D eigenvalue weighted by Gasteiger charge is 2.37. The van der Waals surface area contributed by atoms with Crippen LogP contribution in [0.2, 0.25) is 0 Å². The highest BCUT2D eigenvalue weighted by molar-refractivity contribution is 7.99. The number of hydrogen-bond donors (Lipinski definition) is 0. The van der Waals surface area contributed by atoms with Gasteiger partial charge in [-0.3, -0.25) is 0 Å². The lowest BCUT2D eigenvalue weighted by Crippen LogP contribution is -2.30. The zero-order valence-corrected chi connectivity index (χ0v) is 8.12. The van der Waals surface area contributed by atoms with Gasteiger partial charge in [-0.05, 0) is 44.0 Å². The summed E-state index contributed by atoms with van der Waals surface area (Å²) in [6, 6.07) is 0. The van der Waals surface area contributed by atoms with Crippen LogP contribution in [0.5, 0.6) is 0 Å². The van der Waals surface area contributed by atoms with Crippen LogP contribution >= 0.6 is 11.8 Å². The molecule has 0 bridgehead atoms. The minimum absolute atomic E-state index is 0.734. The van der Waals surface area contributed by atoms with Crippen molar-refractivity contribution in [2.75, 3.05) is 31.6 Å². The number of likely N-dealkylation sites (tertiary alicyclic amines) is 1. The van der Waals surface area contributed by atoms with Gasteiger partial charge in [0.15, 0.2) is 0 Å². The van der Waals surface area contributed by atoms with E-state index in [1.807, 2.05) is 0 Å². The van der Waals surface area contributed by atoms with Crippen molar-refractivity contribution in [3.8, 4) is 0 Å². The first-order valence-electron chi connectivity index (χ1n) is 4.57. The van der Waals surface area contributed by atoms with E-state index in [2.05, 4.69) is 23.7 Å². The molecule has 1 nitrogen and oxygen atoms in total. The van der Waals surface area contributed by atoms with E-state index in [1.54, 1.807) is 0 Å². The molecule has 0 aliphatic carbocycles. The van der Waals surface area contributed by atoms with E-state index in [1.165, 1.54) is 43.9 Å². The molecule has 0 N–H and O–H groups in total. The Morgan fingerprint density at radius 3 is 2.82 bits per heavy atom. The highest BCUT2D eigenvalue weighted by Crippen LogP contribution is 2.41. The van der Waals surface area contributed by atoms with Crippen molar-refractivity contribution in [2.24, 2.45) is 5.41 Å². The Morgan fingerprint density at radius 2 is 2.27 bits per heavy atom. The molecule has 2 aliphatic heterocycles. The summed E-state index contributed by atoms with van der Waals surface area (Å²) in [7, 11) is 2.26. The van der Waals surface area contributed by atoms with Gasteiger partial charge in [-0.25, -0.2) is 0 Å². The Labute approximate surface area is 73.5 Å². The molecule has 1 spiro atoms. The molecule has 64 valence electrons. The van der Waals surface area contributed by atoms with Crippen LogP contribution in [0, 0.1) is 5.41 Å². The minimum atomic E-state index is 0.734. The molecule has 2 heteroatoms. The summed E-state index contributed by atoms with van der Waals surface area (Å²) < 4.78 is 0. The van der Waals surface area contributed by atoms with Crippen molar-refractivity contribution < 1.29 is 0 Å². The molecule has 2 saturated heterocycles. The third-order valence-corrected chi connectivity index (χ3v) is 4.43. The van der Waals surface area contributed by atoms with E-state index >= 15 is 0 Å². The maximum Gasteiger partial charge on any atom is 0.00433 e. The van der Waals surface area contributed by atoms with Crippen LogP contribution in [0.1, 0.15) is 19.3 Å². The third kappa shape index (κ3) is 1.57. The van der Waals surface area contributed by atoms with Crippen LogP contribution in [0.3, 0.4) is 0 Å². The fourth-order valence-electron chi connectivity index (χ4n) is 2.39. The zero-order valence-electron chi connectivity index (χ0n) is 7.31. The monoisotopic (exact) mass is 171 g/mol. The van der Waals surface area contributed by atoms with Gasteiger partial charge in [0.25, 0.3) is 0 Å². The minimum Gasteiger partial charge on any atom is -0.306 e. The summed E-state index contributed by atoms with van der Waals surface area (Å²) in [5.41, 5.74) is 0.734. The predicted molar refractivity (Wildman–Crippen MR) is 51.1 cm³/mol. The molecule has 0 saturated carbocycles. The maximum atomic E-state index is 2.49. The molecule has 1 atom stereocenters. The van der Waals surface area contributed by atoms with Gasteiger partial charge in [-0.15, -0.1) is 0 Å². The summed E-state index contributed by atoms with van der Waals surface area (Å²) in [5.74, 6) is 2.84. The van der Waals surface area contributed by atoms with E-state index in [4.69, 9.17) is 0 Å². The normalized spacial score (nSPS) is 40.1. The predicted octanol–water partition coefficient (Wildman–Crippen LogP) is 1.84. The fourth-order valence-corrected chi connectivity index (χ4v) is 3.70. The molecule has 1 unspecified atom stereocenters. The van der Waals surface area contributed by atoms with Gasteiger partial charge in [-0.1, -0.05) is 0 Å². The quantitative estimate of drug-likeness (QED) is 0.547. The van der Waals surface area contributed by atoms with Crippen LogP contribution in [0.15, 0.2) is 0 Å². The van der Waals surface area contributed by atoms with Crippen molar-refractivity contribution in [3.05, 3.63) is 0 Å². The summed E-state index contributed by atoms with van der Waals surface area (Å²) in [6.07, 6.45) is 4.40. The Morgan fingerprint density at radius 1 is 1.36 bits per heavy atom. The van der Waals surface area contributed by atoms with Crippen LogP contribution < -0.4 is 0 Å². The van der Waals surface area contributed by atoms with Crippen molar-refractivity contribution in [2.45, 2.75) is 19.3 Å². The van der Waals surface area contributed by atoms with Gasteiger partial charge in [-0.2, -0.15) is 11.8 Å². The van der Waals surface area contributed by atoms with E-state index in [0.717, 1.165) is 5.41 Å². The second-order valence-corrected chi connectivity index (χ2v) is 5.25. The molecule has 0 aromatic heterocycles. The molecule has 11 heavy (non-hydrogen) atoms. The summed E-state index contributed by atoms with van der Waals surface area (Å²) in [6.45, 7) is 2.70. The van der Waals surface area contributed by atoms with Gasteiger partial charge in [0, 0.05) is 12.3 Å². The Kier molecular flexibility index (Phi) is 2.15. The largest absolute Gasteiger partial charge is 0.306 e. The van der Waals surface area contributed by atoms with Gasteiger partial charge >= 0.3 is 0 Å². The average Bonchev–Trinajstić information content (AvgIpc) is 2.34. The molecule has 0 amide bonds. The summed E-state index contributed by atoms with van der Waals surface area (Å²) in [5, 5.41) is 0. The molecule has 2 heterocycles. The van der Waals surface area contributed by atoms with Crippen LogP contribution in [-0.4, -0.2) is 36.5 Å². The van der Waals surface area contributed by atoms with Crippen LogP contribution in [-0.2, 0) is 0 Å². The Hall–Kier alpha value is 0.310. The lowest BCUT2D eigenvalue weighted by molar-refractivity contribution is 0.289. The van der Waals surface area contributed by atoms with Crippen molar-refractivity contribution in [3.63, 3.8) is 0 Å². The number of rotatable bonds is 0. The number of thioether (sulfide) groups is 1. The third-order valence-electron chi connectivity index (χ3n) is 3.03. The molecular weight excluding hydrogens is 154 g/mol. The average molecular weight is 171 g/mol. The number of hydrogen-bond acceptors (Lipinski definition) is 2. The maximum absolute atomic E-state index is 2.49. The van der Waals surface area contributed by atoms with E-state index in [9.17, 15) is 0 Å². The summed E-state index contributed by atoms with van der Waals surface area (Å²) in [4.78, 5) is 2.49. The van der Waals surface area contributed by atoms with Gasteiger partial charge in [0.1, 0.15) is 0 Å². The van der Waals surface area contributed by atoms with Crippen LogP contribution in [0.4, 0.5) is 0 Å². The second-order valence-electron chi connectivity index (χ2n) is 4.14. The lowest BCUT2D eigenvalue weighted by atomic mass is 9.84. The lowest BCUT2D eigenvalue weighted by Gasteiger charge is -2.32. The first-order valence-corrected chi connectivity index (χ1v) is 5.73. The Bertz CT molecular complexity index is 135. The van der Waals surface area contributed by atoms with E-state index in [0.29, 0.717) is 0 Å². The molecule has 0 aromatic rings. The van der Waals surface area contributed by atoms with Gasteiger partial charge in [0.05, 0.1) is 0 Å². The topological polar surface area (TPSA) is 3.24 Å². The van der Waals surface area contributed by atoms with Gasteiger partial charge in [0.2, 0.25) is 0 Å². The highest BCUT2D eigenvalue weighted by atomic mass is 32.2. The smallest absolute Gasteiger partial charge is 0.00433 e. The zero-order chi connectivity index (χ0) is 7.73. The first-order chi connectivity index (χ1) is 5.31. The van der Waals surface area contributed by atoms with Crippen molar-refractivity contribution >= 4 is 11.8 Å². The second kappa shape index (κ2) is 2.98. The first kappa shape index (κ1) is 7.93. The van der Waals surface area contributed by atoms with Crippen molar-refractivity contribution in [1.82, 2.24) is 4.90 Å². The molecule has 0 aromatic carbocycles. The molecule has 0 radical (unpaired) electrons. The van der Waals surface area contributed by atoms with Crippen LogP contribution in [0.25, 0.3) is 0 Å². The SMILES string of the molecule is CN1CCC2(CCCSC2)C1. The van der Waals surface area contributed by atoms with Gasteiger partial charge < -0.3 is 4.90 Å².